The number of fused-ring (bicyclic) bond motifs is 1. The third-order valence-corrected chi connectivity index (χ3v) is 3.45. The van der Waals surface area contributed by atoms with E-state index >= 15 is 0 Å². The molecule has 0 bridgehead atoms. The molecule has 0 aliphatic rings. The maximum Gasteiger partial charge on any atom is 0.240 e. The summed E-state index contributed by atoms with van der Waals surface area (Å²) in [5.41, 5.74) is 7.54. The number of nitrogens with one attached hydrogen (secondary N) is 1. The number of benzene rings is 1. The second kappa shape index (κ2) is 7.22. The van der Waals surface area contributed by atoms with Gasteiger partial charge in [0.2, 0.25) is 5.91 Å². The zero-order valence-corrected chi connectivity index (χ0v) is 12.8. The predicted octanol–water partition coefficient (Wildman–Crippen LogP) is 1.70. The van der Waals surface area contributed by atoms with Crippen LogP contribution in [0.1, 0.15) is 26.1 Å². The lowest BCUT2D eigenvalue weighted by Gasteiger charge is -2.10. The number of nitrogens with two attached hydrogens (primary N) is 1. The third kappa shape index (κ3) is 4.04. The molecule has 5 nitrogen and oxygen atoms in total. The van der Waals surface area contributed by atoms with E-state index in [1.54, 1.807) is 0 Å². The zero-order valence-electron chi connectivity index (χ0n) is 12.8. The smallest absolute Gasteiger partial charge is 0.240 e. The van der Waals surface area contributed by atoms with Crippen molar-refractivity contribution in [2.24, 2.45) is 11.7 Å². The Morgan fingerprint density at radius 2 is 2.14 bits per heavy atom. The van der Waals surface area contributed by atoms with Crippen molar-refractivity contribution in [3.63, 3.8) is 0 Å². The molecule has 0 atom stereocenters. The number of carbonyl (C=O) groups is 1. The maximum atomic E-state index is 12.1. The van der Waals surface area contributed by atoms with E-state index in [2.05, 4.69) is 24.1 Å². The van der Waals surface area contributed by atoms with E-state index in [4.69, 9.17) is 5.73 Å². The van der Waals surface area contributed by atoms with E-state index in [1.807, 2.05) is 28.8 Å². The Balaban J connectivity index is 2.12. The molecule has 0 saturated heterocycles. The monoisotopic (exact) mass is 288 g/mol. The van der Waals surface area contributed by atoms with Gasteiger partial charge in [-0.25, -0.2) is 4.98 Å². The highest BCUT2D eigenvalue weighted by atomic mass is 16.1. The minimum atomic E-state index is 0.0251. The molecule has 2 aromatic rings. The van der Waals surface area contributed by atoms with Crippen molar-refractivity contribution in [2.75, 3.05) is 13.1 Å². The molecule has 0 aliphatic carbocycles. The number of amides is 1. The third-order valence-electron chi connectivity index (χ3n) is 3.45. The normalized spacial score (nSPS) is 11.2. The molecule has 0 fully saturated rings. The van der Waals surface area contributed by atoms with Crippen LogP contribution in [0.5, 0.6) is 0 Å². The number of rotatable bonds is 7. The summed E-state index contributed by atoms with van der Waals surface area (Å²) in [6.45, 7) is 5.84. The SMILES string of the molecule is CC(C)CCNC(=O)Cn1c(CCN)nc2ccccc21. The molecule has 3 N–H and O–H groups in total. The molecule has 0 radical (unpaired) electrons. The van der Waals surface area contributed by atoms with Gasteiger partial charge in [0.15, 0.2) is 0 Å². The maximum absolute atomic E-state index is 12.1. The van der Waals surface area contributed by atoms with Gasteiger partial charge < -0.3 is 15.6 Å². The number of carbonyl (C=O) groups excluding carboxylic acids is 1. The highest BCUT2D eigenvalue weighted by molar-refractivity contribution is 5.81. The second-order valence-corrected chi connectivity index (χ2v) is 5.67. The number of nitrogens with zero attached hydrogens (tertiary/aromatic N) is 2. The molecule has 0 aliphatic heterocycles. The Bertz CT molecular complexity index is 603. The molecular weight excluding hydrogens is 264 g/mol. The molecule has 1 aromatic heterocycles. The first kappa shape index (κ1) is 15.5. The van der Waals surface area contributed by atoms with Crippen LogP contribution in [0.4, 0.5) is 0 Å². The molecular formula is C16H24N4O. The van der Waals surface area contributed by atoms with Crippen LogP contribution in [0, 0.1) is 5.92 Å². The van der Waals surface area contributed by atoms with Crippen LogP contribution in [-0.4, -0.2) is 28.5 Å². The van der Waals surface area contributed by atoms with Crippen molar-refractivity contribution in [3.8, 4) is 0 Å². The molecule has 5 heteroatoms. The van der Waals surface area contributed by atoms with Gasteiger partial charge in [-0.15, -0.1) is 0 Å². The summed E-state index contributed by atoms with van der Waals surface area (Å²) in [5.74, 6) is 1.49. The van der Waals surface area contributed by atoms with E-state index in [1.165, 1.54) is 0 Å². The fourth-order valence-electron chi connectivity index (χ4n) is 2.32. The van der Waals surface area contributed by atoms with Gasteiger partial charge in [0.05, 0.1) is 11.0 Å². The average Bonchev–Trinajstić information content (AvgIpc) is 2.77. The first-order chi connectivity index (χ1) is 10.1. The Morgan fingerprint density at radius 3 is 2.86 bits per heavy atom. The predicted molar refractivity (Wildman–Crippen MR) is 85.0 cm³/mol. The summed E-state index contributed by atoms with van der Waals surface area (Å²) in [7, 11) is 0. The van der Waals surface area contributed by atoms with Crippen LogP contribution in [0.2, 0.25) is 0 Å². The van der Waals surface area contributed by atoms with Crippen molar-refractivity contribution in [1.82, 2.24) is 14.9 Å². The summed E-state index contributed by atoms with van der Waals surface area (Å²) in [6.07, 6.45) is 1.67. The molecule has 2 rings (SSSR count). The van der Waals surface area contributed by atoms with Gasteiger partial charge in [-0.05, 0) is 31.0 Å². The van der Waals surface area contributed by atoms with Crippen LogP contribution in [0.3, 0.4) is 0 Å². The average molecular weight is 288 g/mol. The van der Waals surface area contributed by atoms with Crippen molar-refractivity contribution in [1.29, 1.82) is 0 Å². The number of para-hydroxylation sites is 2. The van der Waals surface area contributed by atoms with E-state index in [0.717, 1.165) is 29.8 Å². The standard InChI is InChI=1S/C16H24N4O/c1-12(2)8-10-18-16(21)11-20-14-6-4-3-5-13(14)19-15(20)7-9-17/h3-6,12H,7-11,17H2,1-2H3,(H,18,21). The molecule has 21 heavy (non-hydrogen) atoms. The lowest BCUT2D eigenvalue weighted by molar-refractivity contribution is -0.121. The van der Waals surface area contributed by atoms with Crippen LogP contribution in [0.25, 0.3) is 11.0 Å². The Kier molecular flexibility index (Phi) is 5.33. The van der Waals surface area contributed by atoms with Crippen LogP contribution >= 0.6 is 0 Å². The molecule has 1 amide bonds. The van der Waals surface area contributed by atoms with Crippen LogP contribution in [-0.2, 0) is 17.8 Å². The van der Waals surface area contributed by atoms with Gasteiger partial charge in [0.25, 0.3) is 0 Å². The molecule has 114 valence electrons. The first-order valence-corrected chi connectivity index (χ1v) is 7.52. The van der Waals surface area contributed by atoms with Crippen molar-refractivity contribution in [3.05, 3.63) is 30.1 Å². The Labute approximate surface area is 125 Å². The van der Waals surface area contributed by atoms with E-state index < -0.39 is 0 Å². The summed E-state index contributed by atoms with van der Waals surface area (Å²) in [5, 5.41) is 2.97. The largest absolute Gasteiger partial charge is 0.355 e. The minimum absolute atomic E-state index is 0.0251. The summed E-state index contributed by atoms with van der Waals surface area (Å²) in [4.78, 5) is 16.7. The fourth-order valence-corrected chi connectivity index (χ4v) is 2.32. The van der Waals surface area contributed by atoms with Gasteiger partial charge in [-0.1, -0.05) is 26.0 Å². The lowest BCUT2D eigenvalue weighted by atomic mass is 10.1. The minimum Gasteiger partial charge on any atom is -0.355 e. The van der Waals surface area contributed by atoms with Crippen LogP contribution in [0.15, 0.2) is 24.3 Å². The van der Waals surface area contributed by atoms with Gasteiger partial charge >= 0.3 is 0 Å². The summed E-state index contributed by atoms with van der Waals surface area (Å²) >= 11 is 0. The fraction of sp³-hybridized carbons (Fsp3) is 0.500. The Hall–Kier alpha value is -1.88. The number of hydrogen-bond donors (Lipinski definition) is 2. The highest BCUT2D eigenvalue weighted by Gasteiger charge is 2.12. The highest BCUT2D eigenvalue weighted by Crippen LogP contribution is 2.16. The molecule has 0 spiro atoms. The van der Waals surface area contributed by atoms with Crippen molar-refractivity contribution >= 4 is 16.9 Å². The van der Waals surface area contributed by atoms with Gasteiger partial charge in [0.1, 0.15) is 12.4 Å². The summed E-state index contributed by atoms with van der Waals surface area (Å²) < 4.78 is 1.97. The molecule has 1 aromatic carbocycles. The van der Waals surface area contributed by atoms with Crippen molar-refractivity contribution in [2.45, 2.75) is 33.2 Å². The van der Waals surface area contributed by atoms with Crippen LogP contribution < -0.4 is 11.1 Å². The van der Waals surface area contributed by atoms with E-state index in [0.29, 0.717) is 25.4 Å². The molecule has 0 saturated carbocycles. The van der Waals surface area contributed by atoms with Gasteiger partial charge in [-0.2, -0.15) is 0 Å². The number of aromatic nitrogens is 2. The van der Waals surface area contributed by atoms with Gasteiger partial charge in [-0.3, -0.25) is 4.79 Å². The second-order valence-electron chi connectivity index (χ2n) is 5.67. The summed E-state index contributed by atoms with van der Waals surface area (Å²) in [6, 6.07) is 7.87. The topological polar surface area (TPSA) is 72.9 Å². The van der Waals surface area contributed by atoms with Gasteiger partial charge in [0, 0.05) is 13.0 Å². The number of imidazole rings is 1. The molecule has 0 unspecified atom stereocenters. The number of hydrogen-bond acceptors (Lipinski definition) is 3. The quantitative estimate of drug-likeness (QED) is 0.814. The first-order valence-electron chi connectivity index (χ1n) is 7.52. The van der Waals surface area contributed by atoms with E-state index in [9.17, 15) is 4.79 Å². The van der Waals surface area contributed by atoms with Crippen molar-refractivity contribution < 1.29 is 4.79 Å². The zero-order chi connectivity index (χ0) is 15.2. The Morgan fingerprint density at radius 1 is 1.38 bits per heavy atom. The van der Waals surface area contributed by atoms with E-state index in [-0.39, 0.29) is 5.91 Å². The lowest BCUT2D eigenvalue weighted by Crippen LogP contribution is -2.29. The molecule has 1 heterocycles.